The van der Waals surface area contributed by atoms with Crippen LogP contribution in [0.5, 0.6) is 0 Å². The number of benzene rings is 1. The molecule has 0 radical (unpaired) electrons. The zero-order chi connectivity index (χ0) is 18.3. The molecule has 1 spiro atoms. The summed E-state index contributed by atoms with van der Waals surface area (Å²) in [4.78, 5) is 17.5. The molecule has 4 heteroatoms. The lowest BCUT2D eigenvalue weighted by molar-refractivity contribution is 0.139. The molecule has 1 aromatic rings. The van der Waals surface area contributed by atoms with Crippen molar-refractivity contribution in [3.05, 3.63) is 54.1 Å². The predicted octanol–water partition coefficient (Wildman–Crippen LogP) is 3.89. The van der Waals surface area contributed by atoms with Gasteiger partial charge >= 0.3 is 6.03 Å². The highest BCUT2D eigenvalue weighted by molar-refractivity contribution is 5.93. The normalized spacial score (nSPS) is 28.8. The minimum atomic E-state index is 0.104. The third-order valence-corrected chi connectivity index (χ3v) is 7.06. The molecule has 2 atom stereocenters. The molecular weight excluding hydrogens is 334 g/mol. The van der Waals surface area contributed by atoms with Gasteiger partial charge in [0.25, 0.3) is 0 Å². The molecule has 1 saturated heterocycles. The number of piperidine rings is 1. The number of fused-ring (bicyclic) bond motifs is 1. The molecule has 2 aliphatic carbocycles. The Morgan fingerprint density at radius 3 is 2.78 bits per heavy atom. The number of aryl methyl sites for hydroxylation is 1. The molecule has 1 aromatic carbocycles. The van der Waals surface area contributed by atoms with E-state index < -0.39 is 0 Å². The Bertz CT molecular complexity index is 776. The zero-order valence-corrected chi connectivity index (χ0v) is 15.9. The second kappa shape index (κ2) is 6.83. The maximum atomic E-state index is 12.9. The second-order valence-electron chi connectivity index (χ2n) is 8.60. The van der Waals surface area contributed by atoms with Crippen molar-refractivity contribution < 1.29 is 4.79 Å². The summed E-state index contributed by atoms with van der Waals surface area (Å²) < 4.78 is 0. The quantitative estimate of drug-likeness (QED) is 0.865. The molecule has 27 heavy (non-hydrogen) atoms. The number of urea groups is 1. The van der Waals surface area contributed by atoms with E-state index in [0.717, 1.165) is 51.0 Å². The van der Waals surface area contributed by atoms with Crippen LogP contribution < -0.4 is 10.2 Å². The van der Waals surface area contributed by atoms with Crippen LogP contribution in [-0.2, 0) is 6.42 Å². The highest BCUT2D eigenvalue weighted by Crippen LogP contribution is 2.54. The van der Waals surface area contributed by atoms with Gasteiger partial charge in [-0.2, -0.15) is 0 Å². The number of allylic oxidation sites excluding steroid dienone is 2. The number of nitrogens with one attached hydrogen (secondary N) is 1. The van der Waals surface area contributed by atoms with Crippen molar-refractivity contribution in [3.63, 3.8) is 0 Å². The maximum Gasteiger partial charge on any atom is 0.322 e. The minimum absolute atomic E-state index is 0.104. The molecule has 2 amide bonds. The number of likely N-dealkylation sites (tertiary alicyclic amines) is 1. The zero-order valence-electron chi connectivity index (χ0n) is 15.9. The highest BCUT2D eigenvalue weighted by atomic mass is 16.2. The average molecular weight is 364 g/mol. The van der Waals surface area contributed by atoms with Crippen LogP contribution >= 0.6 is 0 Å². The number of nitrogens with zero attached hydrogens (tertiary/aromatic N) is 2. The molecule has 5 rings (SSSR count). The molecule has 142 valence electrons. The fourth-order valence-electron chi connectivity index (χ4n) is 5.22. The maximum absolute atomic E-state index is 12.9. The van der Waals surface area contributed by atoms with Crippen molar-refractivity contribution in [2.75, 3.05) is 24.5 Å². The van der Waals surface area contributed by atoms with Crippen LogP contribution in [0, 0.1) is 5.41 Å². The number of rotatable bonds is 2. The topological polar surface area (TPSA) is 35.6 Å². The minimum Gasteiger partial charge on any atom is -0.334 e. The van der Waals surface area contributed by atoms with Crippen molar-refractivity contribution >= 4 is 11.7 Å². The summed E-state index contributed by atoms with van der Waals surface area (Å²) in [6.45, 7) is 3.14. The predicted molar refractivity (Wildman–Crippen MR) is 109 cm³/mol. The SMILES string of the molecule is O=C(NC1CC12CCN(C1C=CC=CC1)CC2)N1CCCc2ccccc21. The van der Waals surface area contributed by atoms with Crippen LogP contribution in [0.25, 0.3) is 0 Å². The van der Waals surface area contributed by atoms with Crippen LogP contribution in [-0.4, -0.2) is 42.6 Å². The van der Waals surface area contributed by atoms with E-state index >= 15 is 0 Å². The Balaban J connectivity index is 1.18. The largest absolute Gasteiger partial charge is 0.334 e. The number of hydrogen-bond donors (Lipinski definition) is 1. The Morgan fingerprint density at radius 1 is 1.11 bits per heavy atom. The summed E-state index contributed by atoms with van der Waals surface area (Å²) in [5.41, 5.74) is 2.76. The third kappa shape index (κ3) is 3.20. The van der Waals surface area contributed by atoms with Crippen molar-refractivity contribution in [1.82, 2.24) is 10.2 Å². The first kappa shape index (κ1) is 17.1. The first-order valence-corrected chi connectivity index (χ1v) is 10.5. The number of amides is 2. The summed E-state index contributed by atoms with van der Waals surface area (Å²) in [7, 11) is 0. The molecule has 4 nitrogen and oxygen atoms in total. The van der Waals surface area contributed by atoms with Crippen LogP contribution in [0.1, 0.15) is 37.7 Å². The second-order valence-corrected chi connectivity index (χ2v) is 8.60. The number of anilines is 1. The van der Waals surface area contributed by atoms with Crippen molar-refractivity contribution in [2.24, 2.45) is 5.41 Å². The third-order valence-electron chi connectivity index (χ3n) is 7.06. The molecular formula is C23H29N3O. The van der Waals surface area contributed by atoms with Gasteiger partial charge in [0.1, 0.15) is 0 Å². The van der Waals surface area contributed by atoms with Crippen molar-refractivity contribution in [1.29, 1.82) is 0 Å². The average Bonchev–Trinajstić information content (AvgIpc) is 3.39. The van der Waals surface area contributed by atoms with E-state index in [-0.39, 0.29) is 6.03 Å². The van der Waals surface area contributed by atoms with Gasteiger partial charge in [0.05, 0.1) is 0 Å². The first-order chi connectivity index (χ1) is 13.3. The van der Waals surface area contributed by atoms with Crippen LogP contribution in [0.2, 0.25) is 0 Å². The van der Waals surface area contributed by atoms with E-state index in [1.165, 1.54) is 18.4 Å². The van der Waals surface area contributed by atoms with Gasteiger partial charge in [-0.1, -0.05) is 42.5 Å². The monoisotopic (exact) mass is 363 g/mol. The van der Waals surface area contributed by atoms with Gasteiger partial charge in [-0.05, 0) is 68.7 Å². The number of hydrogen-bond acceptors (Lipinski definition) is 2. The number of carbonyl (C=O) groups is 1. The Hall–Kier alpha value is -2.07. The number of para-hydroxylation sites is 1. The van der Waals surface area contributed by atoms with Gasteiger partial charge < -0.3 is 5.32 Å². The standard InChI is InChI=1S/C23H29N3O/c27-22(26-14-6-8-18-7-4-5-11-20(18)26)24-21-17-23(21)12-15-25(16-13-23)19-9-2-1-3-10-19/h1-5,7,9,11,19,21H,6,8,10,12-17H2,(H,24,27). The summed E-state index contributed by atoms with van der Waals surface area (Å²) in [6, 6.07) is 9.38. The molecule has 4 aliphatic rings. The lowest BCUT2D eigenvalue weighted by Crippen LogP contribution is -2.47. The van der Waals surface area contributed by atoms with E-state index in [9.17, 15) is 4.79 Å². The molecule has 1 saturated carbocycles. The van der Waals surface area contributed by atoms with Gasteiger partial charge in [-0.3, -0.25) is 9.80 Å². The van der Waals surface area contributed by atoms with Gasteiger partial charge in [-0.15, -0.1) is 0 Å². The molecule has 2 aliphatic heterocycles. The van der Waals surface area contributed by atoms with Gasteiger partial charge in [-0.25, -0.2) is 4.79 Å². The van der Waals surface area contributed by atoms with Crippen LogP contribution in [0.4, 0.5) is 10.5 Å². The van der Waals surface area contributed by atoms with Crippen molar-refractivity contribution in [2.45, 2.75) is 50.6 Å². The van der Waals surface area contributed by atoms with Crippen LogP contribution in [0.15, 0.2) is 48.6 Å². The summed E-state index contributed by atoms with van der Waals surface area (Å²) in [5, 5.41) is 3.36. The Labute approximate surface area is 161 Å². The van der Waals surface area contributed by atoms with E-state index in [1.807, 2.05) is 11.0 Å². The van der Waals surface area contributed by atoms with E-state index in [4.69, 9.17) is 0 Å². The molecule has 1 N–H and O–H groups in total. The van der Waals surface area contributed by atoms with Crippen LogP contribution in [0.3, 0.4) is 0 Å². The Kier molecular flexibility index (Phi) is 4.31. The summed E-state index contributed by atoms with van der Waals surface area (Å²) in [6.07, 6.45) is 15.8. The highest BCUT2D eigenvalue weighted by Gasteiger charge is 2.56. The molecule has 0 aromatic heterocycles. The fourth-order valence-corrected chi connectivity index (χ4v) is 5.22. The lowest BCUT2D eigenvalue weighted by atomic mass is 9.91. The summed E-state index contributed by atoms with van der Waals surface area (Å²) in [5.74, 6) is 0. The molecule has 0 bridgehead atoms. The van der Waals surface area contributed by atoms with E-state index in [2.05, 4.69) is 52.7 Å². The molecule has 2 heterocycles. The van der Waals surface area contributed by atoms with Gasteiger partial charge in [0, 0.05) is 24.3 Å². The fraction of sp³-hybridized carbons (Fsp3) is 0.522. The molecule has 2 unspecified atom stereocenters. The van der Waals surface area contributed by atoms with Gasteiger partial charge in [0.15, 0.2) is 0 Å². The summed E-state index contributed by atoms with van der Waals surface area (Å²) >= 11 is 0. The molecule has 2 fully saturated rings. The Morgan fingerprint density at radius 2 is 1.96 bits per heavy atom. The smallest absolute Gasteiger partial charge is 0.322 e. The van der Waals surface area contributed by atoms with E-state index in [0.29, 0.717) is 17.5 Å². The van der Waals surface area contributed by atoms with Crippen molar-refractivity contribution in [3.8, 4) is 0 Å². The lowest BCUT2D eigenvalue weighted by Gasteiger charge is -2.37. The van der Waals surface area contributed by atoms with E-state index in [1.54, 1.807) is 0 Å². The van der Waals surface area contributed by atoms with Gasteiger partial charge in [0.2, 0.25) is 0 Å². The number of carbonyl (C=O) groups excluding carboxylic acids is 1. The first-order valence-electron chi connectivity index (χ1n) is 10.5.